The van der Waals surface area contributed by atoms with Crippen molar-refractivity contribution in [3.8, 4) is 11.1 Å². The van der Waals surface area contributed by atoms with Crippen molar-refractivity contribution in [2.45, 2.75) is 6.54 Å². The molecule has 25 heavy (non-hydrogen) atoms. The molecule has 2 heterocycles. The first-order valence-electron chi connectivity index (χ1n) is 7.79. The van der Waals surface area contributed by atoms with E-state index in [-0.39, 0.29) is 5.28 Å². The molecule has 0 atom stereocenters. The van der Waals surface area contributed by atoms with E-state index < -0.39 is 0 Å². The van der Waals surface area contributed by atoms with E-state index >= 15 is 0 Å². The van der Waals surface area contributed by atoms with Crippen molar-refractivity contribution in [1.82, 2.24) is 9.97 Å². The highest BCUT2D eigenvalue weighted by Crippen LogP contribution is 2.37. The van der Waals surface area contributed by atoms with E-state index in [0.29, 0.717) is 6.54 Å². The average Bonchev–Trinajstić information content (AvgIpc) is 3.05. The third-order valence-electron chi connectivity index (χ3n) is 3.93. The van der Waals surface area contributed by atoms with E-state index in [2.05, 4.69) is 32.8 Å². The Balaban J connectivity index is 1.74. The van der Waals surface area contributed by atoms with Gasteiger partial charge in [-0.25, -0.2) is 9.97 Å². The lowest BCUT2D eigenvalue weighted by Gasteiger charge is -2.09. The normalized spacial score (nSPS) is 10.9. The van der Waals surface area contributed by atoms with E-state index in [0.717, 1.165) is 38.4 Å². The summed E-state index contributed by atoms with van der Waals surface area (Å²) in [7, 11) is 0. The maximum absolute atomic E-state index is 6.11. The second-order valence-electron chi connectivity index (χ2n) is 5.63. The van der Waals surface area contributed by atoms with E-state index in [1.807, 2.05) is 42.5 Å². The highest BCUT2D eigenvalue weighted by Gasteiger charge is 2.14. The number of hydrogen-bond acceptors (Lipinski definition) is 5. The molecule has 4 nitrogen and oxygen atoms in total. The highest BCUT2D eigenvalue weighted by atomic mass is 35.5. The predicted molar refractivity (Wildman–Crippen MR) is 106 cm³/mol. The number of aromatic nitrogens is 2. The van der Waals surface area contributed by atoms with Gasteiger partial charge >= 0.3 is 0 Å². The fraction of sp³-hybridized carbons (Fsp3) is 0.0526. The Morgan fingerprint density at radius 1 is 1.00 bits per heavy atom. The largest absolute Gasteiger partial charge is 0.399 e. The molecule has 124 valence electrons. The van der Waals surface area contributed by atoms with Gasteiger partial charge in [-0.1, -0.05) is 42.5 Å². The number of thiophene rings is 1. The molecule has 0 radical (unpaired) electrons. The first-order chi connectivity index (χ1) is 12.2. The molecule has 0 spiro atoms. The van der Waals surface area contributed by atoms with Crippen LogP contribution in [0.3, 0.4) is 0 Å². The van der Waals surface area contributed by atoms with Crippen LogP contribution in [-0.2, 0) is 6.54 Å². The third-order valence-corrected chi connectivity index (χ3v) is 4.97. The lowest BCUT2D eigenvalue weighted by molar-refractivity contribution is 1.11. The summed E-state index contributed by atoms with van der Waals surface area (Å²) in [6.07, 6.45) is 0. The molecule has 0 saturated carbocycles. The molecule has 0 fully saturated rings. The van der Waals surface area contributed by atoms with Gasteiger partial charge in [0.2, 0.25) is 5.28 Å². The Bertz CT molecular complexity index is 1010. The monoisotopic (exact) mass is 366 g/mol. The lowest BCUT2D eigenvalue weighted by atomic mass is 10.1. The zero-order valence-corrected chi connectivity index (χ0v) is 14.8. The number of fused-ring (bicyclic) bond motifs is 1. The van der Waals surface area contributed by atoms with Gasteiger partial charge in [0.15, 0.2) is 0 Å². The van der Waals surface area contributed by atoms with Gasteiger partial charge in [0, 0.05) is 23.2 Å². The van der Waals surface area contributed by atoms with E-state index in [1.165, 1.54) is 0 Å². The van der Waals surface area contributed by atoms with Crippen LogP contribution in [0.25, 0.3) is 21.3 Å². The van der Waals surface area contributed by atoms with Crippen molar-refractivity contribution in [3.63, 3.8) is 0 Å². The molecule has 3 N–H and O–H groups in total. The molecule has 0 aliphatic rings. The number of nitrogens with one attached hydrogen (secondary N) is 1. The molecular weight excluding hydrogens is 352 g/mol. The molecule has 4 rings (SSSR count). The fourth-order valence-corrected chi connectivity index (χ4v) is 3.86. The number of hydrogen-bond donors (Lipinski definition) is 2. The van der Waals surface area contributed by atoms with Crippen LogP contribution in [0.15, 0.2) is 60.0 Å². The zero-order valence-electron chi connectivity index (χ0n) is 13.2. The first kappa shape index (κ1) is 15.9. The number of nitrogens with two attached hydrogens (primary N) is 1. The number of nitrogen functional groups attached to an aromatic ring is 1. The van der Waals surface area contributed by atoms with Crippen LogP contribution in [0.1, 0.15) is 5.56 Å². The Hall–Kier alpha value is -2.63. The third kappa shape index (κ3) is 3.29. The van der Waals surface area contributed by atoms with Crippen molar-refractivity contribution in [1.29, 1.82) is 0 Å². The summed E-state index contributed by atoms with van der Waals surface area (Å²) in [4.78, 5) is 9.66. The number of anilines is 2. The second-order valence-corrected chi connectivity index (χ2v) is 6.83. The topological polar surface area (TPSA) is 63.8 Å². The quantitative estimate of drug-likeness (QED) is 0.384. The van der Waals surface area contributed by atoms with Gasteiger partial charge in [0.05, 0.1) is 5.39 Å². The number of rotatable bonds is 4. The molecule has 0 saturated heterocycles. The van der Waals surface area contributed by atoms with E-state index in [1.54, 1.807) is 11.3 Å². The molecule has 0 bridgehead atoms. The summed E-state index contributed by atoms with van der Waals surface area (Å²) in [5, 5.41) is 6.73. The number of benzene rings is 2. The number of nitrogens with zero attached hydrogens (tertiary/aromatic N) is 2. The van der Waals surface area contributed by atoms with Gasteiger partial charge < -0.3 is 11.1 Å². The van der Waals surface area contributed by atoms with Crippen LogP contribution in [0.5, 0.6) is 0 Å². The van der Waals surface area contributed by atoms with Gasteiger partial charge in [-0.2, -0.15) is 0 Å². The SMILES string of the molecule is Nc1ccc(CNc2nc(Cl)nc3scc(-c4ccccc4)c23)cc1. The molecular formula is C19H15ClN4S. The molecule has 2 aromatic carbocycles. The van der Waals surface area contributed by atoms with Crippen LogP contribution in [0.4, 0.5) is 11.5 Å². The fourth-order valence-electron chi connectivity index (χ4n) is 2.70. The summed E-state index contributed by atoms with van der Waals surface area (Å²) in [6.45, 7) is 0.632. The molecule has 4 aromatic rings. The van der Waals surface area contributed by atoms with Crippen LogP contribution < -0.4 is 11.1 Å². The summed E-state index contributed by atoms with van der Waals surface area (Å²) in [5.41, 5.74) is 9.85. The maximum atomic E-state index is 6.11. The minimum absolute atomic E-state index is 0.244. The van der Waals surface area contributed by atoms with Gasteiger partial charge in [0.25, 0.3) is 0 Å². The Labute approximate surface area is 154 Å². The average molecular weight is 367 g/mol. The number of halogens is 1. The van der Waals surface area contributed by atoms with E-state index in [9.17, 15) is 0 Å². The lowest BCUT2D eigenvalue weighted by Crippen LogP contribution is -2.03. The van der Waals surface area contributed by atoms with Gasteiger partial charge in [-0.05, 0) is 34.9 Å². The minimum atomic E-state index is 0.244. The van der Waals surface area contributed by atoms with Crippen LogP contribution in [-0.4, -0.2) is 9.97 Å². The van der Waals surface area contributed by atoms with Crippen LogP contribution in [0.2, 0.25) is 5.28 Å². The van der Waals surface area contributed by atoms with Crippen molar-refractivity contribution >= 4 is 44.7 Å². The molecule has 0 aliphatic carbocycles. The maximum Gasteiger partial charge on any atom is 0.225 e. The van der Waals surface area contributed by atoms with Crippen molar-refractivity contribution in [3.05, 3.63) is 70.8 Å². The standard InChI is InChI=1S/C19H15ClN4S/c20-19-23-17(22-10-12-6-8-14(21)9-7-12)16-15(11-25-18(16)24-19)13-4-2-1-3-5-13/h1-9,11H,10,21H2,(H,22,23,24). The van der Waals surface area contributed by atoms with Gasteiger partial charge in [0.1, 0.15) is 10.6 Å². The van der Waals surface area contributed by atoms with Crippen molar-refractivity contribution < 1.29 is 0 Å². The van der Waals surface area contributed by atoms with E-state index in [4.69, 9.17) is 17.3 Å². The van der Waals surface area contributed by atoms with Gasteiger partial charge in [-0.3, -0.25) is 0 Å². The smallest absolute Gasteiger partial charge is 0.225 e. The predicted octanol–water partition coefficient (Wildman–Crippen LogP) is 5.21. The van der Waals surface area contributed by atoms with Crippen LogP contribution >= 0.6 is 22.9 Å². The summed E-state index contributed by atoms with van der Waals surface area (Å²) in [5.74, 6) is 0.743. The molecule has 2 aromatic heterocycles. The molecule has 6 heteroatoms. The Kier molecular flexibility index (Phi) is 4.26. The molecule has 0 amide bonds. The molecule has 0 unspecified atom stereocenters. The van der Waals surface area contributed by atoms with Crippen LogP contribution in [0, 0.1) is 0 Å². The summed E-state index contributed by atoms with van der Waals surface area (Å²) < 4.78 is 0. The summed E-state index contributed by atoms with van der Waals surface area (Å²) in [6, 6.07) is 18.0. The Morgan fingerprint density at radius 3 is 2.52 bits per heavy atom. The zero-order chi connectivity index (χ0) is 17.2. The Morgan fingerprint density at radius 2 is 1.76 bits per heavy atom. The van der Waals surface area contributed by atoms with Gasteiger partial charge in [-0.15, -0.1) is 11.3 Å². The van der Waals surface area contributed by atoms with Crippen molar-refractivity contribution in [2.75, 3.05) is 11.1 Å². The summed E-state index contributed by atoms with van der Waals surface area (Å²) >= 11 is 7.68. The second kappa shape index (κ2) is 6.70. The minimum Gasteiger partial charge on any atom is -0.399 e. The first-order valence-corrected chi connectivity index (χ1v) is 9.05. The highest BCUT2D eigenvalue weighted by molar-refractivity contribution is 7.17. The molecule has 0 aliphatic heterocycles. The van der Waals surface area contributed by atoms with Crippen molar-refractivity contribution in [2.24, 2.45) is 0 Å².